The highest BCUT2D eigenvalue weighted by atomic mass is 35.5. The zero-order valence-electron chi connectivity index (χ0n) is 13.1. The van der Waals surface area contributed by atoms with Crippen molar-refractivity contribution in [2.75, 3.05) is 10.0 Å². The van der Waals surface area contributed by atoms with Crippen LogP contribution < -0.4 is 10.0 Å². The number of hydrogen-bond donors (Lipinski definition) is 2. The number of nitrogens with zero attached hydrogens (tertiary/aromatic N) is 2. The molecule has 1 aromatic heterocycles. The summed E-state index contributed by atoms with van der Waals surface area (Å²) in [6, 6.07) is 10.6. The van der Waals surface area contributed by atoms with E-state index in [-0.39, 0.29) is 25.7 Å². The van der Waals surface area contributed by atoms with Crippen molar-refractivity contribution in [3.8, 4) is 0 Å². The van der Waals surface area contributed by atoms with Crippen LogP contribution in [0.25, 0.3) is 0 Å². The summed E-state index contributed by atoms with van der Waals surface area (Å²) in [5.74, 6) is -0.570. The molecule has 2 N–H and O–H groups in total. The monoisotopic (exact) mass is 462 g/mol. The SMILES string of the molecule is O=C(Nc1nnc(S(=O)(=O)Nc2cccc(Cl)c2)s1)c1ccc(Cl)cc1Cl. The first-order chi connectivity index (χ1) is 12.7. The van der Waals surface area contributed by atoms with E-state index in [4.69, 9.17) is 34.8 Å². The van der Waals surface area contributed by atoms with Gasteiger partial charge in [0.2, 0.25) is 5.13 Å². The molecule has 0 aliphatic rings. The molecule has 3 rings (SSSR count). The van der Waals surface area contributed by atoms with Gasteiger partial charge in [-0.25, -0.2) is 0 Å². The molecule has 0 radical (unpaired) electrons. The second kappa shape index (κ2) is 7.99. The zero-order valence-corrected chi connectivity index (χ0v) is 17.0. The molecule has 0 unspecified atom stereocenters. The van der Waals surface area contributed by atoms with Gasteiger partial charge in [0.05, 0.1) is 16.3 Å². The van der Waals surface area contributed by atoms with Gasteiger partial charge in [0.15, 0.2) is 0 Å². The van der Waals surface area contributed by atoms with E-state index in [1.807, 2.05) is 0 Å². The summed E-state index contributed by atoms with van der Waals surface area (Å²) in [5, 5.41) is 10.6. The molecule has 7 nitrogen and oxygen atoms in total. The molecular formula is C15H9Cl3N4O3S2. The molecule has 27 heavy (non-hydrogen) atoms. The first-order valence-electron chi connectivity index (χ1n) is 7.13. The van der Waals surface area contributed by atoms with E-state index >= 15 is 0 Å². The molecule has 0 atom stereocenters. The van der Waals surface area contributed by atoms with Gasteiger partial charge in [-0.1, -0.05) is 52.2 Å². The van der Waals surface area contributed by atoms with Crippen LogP contribution in [0, 0.1) is 0 Å². The first-order valence-corrected chi connectivity index (χ1v) is 10.6. The van der Waals surface area contributed by atoms with Gasteiger partial charge >= 0.3 is 0 Å². The van der Waals surface area contributed by atoms with Crippen molar-refractivity contribution < 1.29 is 13.2 Å². The predicted molar refractivity (Wildman–Crippen MR) is 107 cm³/mol. The lowest BCUT2D eigenvalue weighted by molar-refractivity contribution is 0.102. The molecule has 2 aromatic carbocycles. The number of amides is 1. The van der Waals surface area contributed by atoms with Crippen LogP contribution in [0.5, 0.6) is 0 Å². The van der Waals surface area contributed by atoms with Gasteiger partial charge in [0.25, 0.3) is 20.3 Å². The van der Waals surface area contributed by atoms with Crippen LogP contribution in [0.15, 0.2) is 46.8 Å². The van der Waals surface area contributed by atoms with Gasteiger partial charge in [0.1, 0.15) is 0 Å². The Morgan fingerprint density at radius 1 is 1.00 bits per heavy atom. The Morgan fingerprint density at radius 2 is 1.74 bits per heavy atom. The highest BCUT2D eigenvalue weighted by Crippen LogP contribution is 2.26. The Morgan fingerprint density at radius 3 is 2.44 bits per heavy atom. The van der Waals surface area contributed by atoms with Gasteiger partial charge in [-0.2, -0.15) is 8.42 Å². The average molecular weight is 464 g/mol. The maximum atomic E-state index is 12.4. The number of anilines is 2. The average Bonchev–Trinajstić information content (AvgIpc) is 3.03. The van der Waals surface area contributed by atoms with Crippen molar-refractivity contribution in [2.24, 2.45) is 0 Å². The number of benzene rings is 2. The van der Waals surface area contributed by atoms with Crippen LogP contribution in [0.2, 0.25) is 15.1 Å². The van der Waals surface area contributed by atoms with E-state index in [0.717, 1.165) is 0 Å². The van der Waals surface area contributed by atoms with Gasteiger partial charge in [-0.3, -0.25) is 14.8 Å². The van der Waals surface area contributed by atoms with E-state index < -0.39 is 15.9 Å². The second-order valence-electron chi connectivity index (χ2n) is 5.07. The van der Waals surface area contributed by atoms with Crippen molar-refractivity contribution in [3.63, 3.8) is 0 Å². The number of halogens is 3. The van der Waals surface area contributed by atoms with Crippen molar-refractivity contribution in [1.29, 1.82) is 0 Å². The molecule has 12 heteroatoms. The van der Waals surface area contributed by atoms with Crippen LogP contribution in [0.4, 0.5) is 10.8 Å². The minimum Gasteiger partial charge on any atom is -0.296 e. The minimum atomic E-state index is -3.98. The Bertz CT molecular complexity index is 1120. The summed E-state index contributed by atoms with van der Waals surface area (Å²) in [6.45, 7) is 0. The van der Waals surface area contributed by atoms with Gasteiger partial charge in [0, 0.05) is 10.0 Å². The van der Waals surface area contributed by atoms with E-state index in [0.29, 0.717) is 21.4 Å². The Kier molecular flexibility index (Phi) is 5.87. The number of carbonyl (C=O) groups excluding carboxylic acids is 1. The molecule has 0 bridgehead atoms. The maximum Gasteiger partial charge on any atom is 0.291 e. The van der Waals surface area contributed by atoms with Crippen molar-refractivity contribution in [1.82, 2.24) is 10.2 Å². The molecule has 0 aliphatic carbocycles. The highest BCUT2D eigenvalue weighted by molar-refractivity contribution is 7.94. The Labute approximate surface area is 173 Å². The summed E-state index contributed by atoms with van der Waals surface area (Å²) in [7, 11) is -3.98. The van der Waals surface area contributed by atoms with E-state index in [1.54, 1.807) is 12.1 Å². The molecule has 0 spiro atoms. The third kappa shape index (κ3) is 4.88. The maximum absolute atomic E-state index is 12.4. The zero-order chi connectivity index (χ0) is 19.6. The fourth-order valence-corrected chi connectivity index (χ4v) is 4.59. The molecule has 0 saturated heterocycles. The number of sulfonamides is 1. The number of rotatable bonds is 5. The number of carbonyl (C=O) groups is 1. The topological polar surface area (TPSA) is 101 Å². The lowest BCUT2D eigenvalue weighted by atomic mass is 10.2. The van der Waals surface area contributed by atoms with Crippen molar-refractivity contribution in [2.45, 2.75) is 4.34 Å². The largest absolute Gasteiger partial charge is 0.296 e. The molecule has 140 valence electrons. The molecule has 1 amide bonds. The lowest BCUT2D eigenvalue weighted by Crippen LogP contribution is -2.12. The molecule has 1 heterocycles. The summed E-state index contributed by atoms with van der Waals surface area (Å²) < 4.78 is 26.8. The summed E-state index contributed by atoms with van der Waals surface area (Å²) in [5.41, 5.74) is 0.439. The smallest absolute Gasteiger partial charge is 0.291 e. The Hall–Kier alpha value is -1.91. The number of aromatic nitrogens is 2. The normalized spacial score (nSPS) is 11.2. The van der Waals surface area contributed by atoms with Crippen LogP contribution >= 0.6 is 46.1 Å². The molecular weight excluding hydrogens is 455 g/mol. The van der Waals surface area contributed by atoms with Crippen molar-refractivity contribution >= 4 is 72.9 Å². The third-order valence-corrected chi connectivity index (χ3v) is 6.48. The van der Waals surface area contributed by atoms with Crippen LogP contribution in [-0.2, 0) is 10.0 Å². The van der Waals surface area contributed by atoms with Gasteiger partial charge in [-0.15, -0.1) is 10.2 Å². The van der Waals surface area contributed by atoms with E-state index in [2.05, 4.69) is 20.2 Å². The number of hydrogen-bond acceptors (Lipinski definition) is 6. The van der Waals surface area contributed by atoms with Crippen molar-refractivity contribution in [3.05, 3.63) is 63.1 Å². The quantitative estimate of drug-likeness (QED) is 0.541. The second-order valence-corrected chi connectivity index (χ2v) is 9.18. The van der Waals surface area contributed by atoms with E-state index in [1.165, 1.54) is 30.3 Å². The van der Waals surface area contributed by atoms with Crippen LogP contribution in [0.3, 0.4) is 0 Å². The molecule has 3 aromatic rings. The van der Waals surface area contributed by atoms with E-state index in [9.17, 15) is 13.2 Å². The lowest BCUT2D eigenvalue weighted by Gasteiger charge is -2.05. The standard InChI is InChI=1S/C15H9Cl3N4O3S2/c16-8-2-1-3-10(6-8)22-27(24,25)15-21-20-14(26-15)19-13(23)11-5-4-9(17)7-12(11)18/h1-7,22H,(H,19,20,23). The van der Waals surface area contributed by atoms with Crippen LogP contribution in [0.1, 0.15) is 10.4 Å². The van der Waals surface area contributed by atoms with Gasteiger partial charge in [-0.05, 0) is 36.4 Å². The van der Waals surface area contributed by atoms with Crippen LogP contribution in [-0.4, -0.2) is 24.5 Å². The Balaban J connectivity index is 1.76. The highest BCUT2D eigenvalue weighted by Gasteiger charge is 2.22. The number of nitrogens with one attached hydrogen (secondary N) is 2. The molecule has 0 saturated carbocycles. The summed E-state index contributed by atoms with van der Waals surface area (Å²) in [6.07, 6.45) is 0. The minimum absolute atomic E-state index is 0.00233. The summed E-state index contributed by atoms with van der Waals surface area (Å²) in [4.78, 5) is 12.3. The fourth-order valence-electron chi connectivity index (χ4n) is 1.96. The van der Waals surface area contributed by atoms with Gasteiger partial charge < -0.3 is 0 Å². The summed E-state index contributed by atoms with van der Waals surface area (Å²) >= 11 is 18.3. The predicted octanol–water partition coefficient (Wildman–Crippen LogP) is 4.55. The first kappa shape index (κ1) is 19.8. The fraction of sp³-hybridized carbons (Fsp3) is 0. The molecule has 0 fully saturated rings. The molecule has 0 aliphatic heterocycles. The third-order valence-electron chi connectivity index (χ3n) is 3.11.